The fraction of sp³-hybridized carbons (Fsp3) is 0.679. The van der Waals surface area contributed by atoms with Crippen molar-refractivity contribution in [3.8, 4) is 0 Å². The van der Waals surface area contributed by atoms with Crippen LogP contribution in [0.2, 0.25) is 0 Å². The van der Waals surface area contributed by atoms with Crippen molar-refractivity contribution in [3.05, 3.63) is 5.82 Å². The van der Waals surface area contributed by atoms with E-state index < -0.39 is 64.5 Å². The van der Waals surface area contributed by atoms with Crippen LogP contribution in [0.15, 0.2) is 10.3 Å². The number of carbonyl (C=O) groups excluding carboxylic acids is 5. The number of β-lactam (4-membered cyclic amide) rings is 1. The Labute approximate surface area is 305 Å². The highest BCUT2D eigenvalue weighted by Gasteiger charge is 2.58. The van der Waals surface area contributed by atoms with E-state index in [0.717, 1.165) is 11.5 Å². The number of carbonyl (C=O) groups is 5. The lowest BCUT2D eigenvalue weighted by Gasteiger charge is -2.54. The van der Waals surface area contributed by atoms with Gasteiger partial charge in [0.15, 0.2) is 5.13 Å². The van der Waals surface area contributed by atoms with Gasteiger partial charge in [0.05, 0.1) is 5.41 Å². The van der Waals surface area contributed by atoms with Crippen molar-refractivity contribution in [3.63, 3.8) is 0 Å². The minimum absolute atomic E-state index is 0.0246. The summed E-state index contributed by atoms with van der Waals surface area (Å²) in [6, 6.07) is -0.959. The van der Waals surface area contributed by atoms with Gasteiger partial charge in [0, 0.05) is 49.6 Å². The molecule has 2 aliphatic rings. The first kappa shape index (κ1) is 39.5. The Hall–Kier alpha value is -4.25. The van der Waals surface area contributed by atoms with Crippen molar-refractivity contribution in [2.24, 2.45) is 23.0 Å². The molecule has 4 N–H and O–H groups in total. The van der Waals surface area contributed by atoms with Crippen LogP contribution in [0.5, 0.6) is 0 Å². The number of nitrogens with one attached hydrogen (secondary N) is 2. The van der Waals surface area contributed by atoms with E-state index in [1.165, 1.54) is 33.1 Å². The third-order valence-electron chi connectivity index (χ3n) is 7.02. The van der Waals surface area contributed by atoms with Gasteiger partial charge in [-0.3, -0.25) is 19.2 Å². The van der Waals surface area contributed by atoms with Gasteiger partial charge in [-0.15, -0.1) is 16.9 Å². The monoisotopic (exact) mass is 771 g/mol. The van der Waals surface area contributed by atoms with Gasteiger partial charge in [0.25, 0.3) is 5.91 Å². The second-order valence-corrected chi connectivity index (χ2v) is 16.3. The molecular weight excluding hydrogens is 731 g/mol. The van der Waals surface area contributed by atoms with Crippen LogP contribution in [-0.4, -0.2) is 125 Å². The fourth-order valence-corrected chi connectivity index (χ4v) is 7.56. The number of alkyl carbamates (subject to hydrolysis) is 1. The van der Waals surface area contributed by atoms with Crippen LogP contribution in [0.25, 0.3) is 0 Å². The van der Waals surface area contributed by atoms with Gasteiger partial charge >= 0.3 is 18.0 Å². The number of nitrogen functional groups attached to an aromatic ring is 1. The number of oxime groups is 1. The van der Waals surface area contributed by atoms with Crippen molar-refractivity contribution < 1.29 is 43.0 Å². The number of thioether (sulfide) groups is 2. The molecule has 0 spiro atoms. The summed E-state index contributed by atoms with van der Waals surface area (Å²) >= 11 is 3.33. The molecule has 23 heteroatoms. The molecule has 0 radical (unpaired) electrons. The molecule has 2 fully saturated rings. The normalized spacial score (nSPS) is 20.5. The number of ether oxygens (including phenoxy) is 3. The number of nitrogens with zero attached hydrogens (tertiary/aromatic N) is 8. The highest BCUT2D eigenvalue weighted by Crippen LogP contribution is 2.45. The summed E-state index contributed by atoms with van der Waals surface area (Å²) in [6.45, 7) is 9.89. The first-order chi connectivity index (χ1) is 23.9. The van der Waals surface area contributed by atoms with Crippen LogP contribution >= 0.6 is 35.1 Å². The second kappa shape index (κ2) is 16.4. The summed E-state index contributed by atoms with van der Waals surface area (Å²) in [5, 5.41) is 20.6. The van der Waals surface area contributed by atoms with E-state index in [1.54, 1.807) is 48.6 Å². The molecule has 4 rings (SSSR count). The molecule has 2 aliphatic heterocycles. The van der Waals surface area contributed by atoms with Crippen LogP contribution in [0.3, 0.4) is 0 Å². The van der Waals surface area contributed by atoms with Crippen LogP contribution in [0.4, 0.5) is 9.93 Å². The average Bonchev–Trinajstić information content (AvgIpc) is 3.67. The molecule has 3 amide bonds. The Morgan fingerprint density at radius 3 is 2.53 bits per heavy atom. The zero-order chi connectivity index (χ0) is 37.6. The molecule has 0 aliphatic carbocycles. The van der Waals surface area contributed by atoms with Gasteiger partial charge in [-0.2, -0.15) is 9.36 Å². The molecule has 0 saturated carbocycles. The van der Waals surface area contributed by atoms with Crippen molar-refractivity contribution in [1.82, 2.24) is 45.1 Å². The smallest absolute Gasteiger partial charge is 0.407 e. The van der Waals surface area contributed by atoms with Crippen LogP contribution in [-0.2, 0) is 45.3 Å². The maximum absolute atomic E-state index is 13.6. The van der Waals surface area contributed by atoms with E-state index in [9.17, 15) is 24.0 Å². The minimum atomic E-state index is -1.22. The topological polar surface area (TPSA) is 257 Å². The number of aromatic nitrogens is 6. The lowest BCUT2D eigenvalue weighted by molar-refractivity contribution is -0.180. The number of rotatable bonds is 14. The molecule has 4 heterocycles. The van der Waals surface area contributed by atoms with Gasteiger partial charge in [-0.1, -0.05) is 16.9 Å². The maximum Gasteiger partial charge on any atom is 0.407 e. The number of nitrogens with two attached hydrogens (primary N) is 1. The molecule has 0 aromatic carbocycles. The Morgan fingerprint density at radius 2 is 1.90 bits per heavy atom. The third kappa shape index (κ3) is 10.4. The Morgan fingerprint density at radius 1 is 1.16 bits per heavy atom. The van der Waals surface area contributed by atoms with E-state index in [2.05, 4.69) is 40.7 Å². The molecule has 2 aromatic heterocycles. The third-order valence-corrected chi connectivity index (χ3v) is 10.5. The molecule has 280 valence electrons. The number of anilines is 1. The predicted molar refractivity (Wildman–Crippen MR) is 184 cm³/mol. The second-order valence-electron chi connectivity index (χ2n) is 13.5. The zero-order valence-electron chi connectivity index (χ0n) is 29.2. The van der Waals surface area contributed by atoms with E-state index in [1.807, 2.05) is 0 Å². The minimum Gasteiger partial charge on any atom is -0.444 e. The Kier molecular flexibility index (Phi) is 12.7. The lowest BCUT2D eigenvalue weighted by atomic mass is 9.89. The molecule has 51 heavy (non-hydrogen) atoms. The maximum atomic E-state index is 13.6. The standard InChI is InChI=1S/C28H41N11O9S3/c1-26(2,3)21(42)45-14-46-22(43)28(13-50-24-33-36-37-38(24)7)11-39-19(41)16(20(39)49-12-28)31-18(40)15(17-32-23(29)51-35-17)34-47-10-8-9-30-25(44)48-27(4,5)6/h16,20H,8-14H2,1-7H3,(H,30,44)(H,31,40)(H2,29,32,35)/t16?,20-,28?/m1/s1. The number of hydrogen-bond acceptors (Lipinski definition) is 19. The Balaban J connectivity index is 1.39. The van der Waals surface area contributed by atoms with E-state index in [0.29, 0.717) is 11.6 Å². The summed E-state index contributed by atoms with van der Waals surface area (Å²) in [4.78, 5) is 75.3. The summed E-state index contributed by atoms with van der Waals surface area (Å²) < 4.78 is 21.2. The fourth-order valence-electron chi connectivity index (χ4n) is 4.43. The molecule has 0 bridgehead atoms. The van der Waals surface area contributed by atoms with Crippen molar-refractivity contribution in [2.75, 3.05) is 43.7 Å². The van der Waals surface area contributed by atoms with Crippen molar-refractivity contribution in [2.45, 2.75) is 70.1 Å². The number of esters is 2. The molecule has 2 aromatic rings. The van der Waals surface area contributed by atoms with Gasteiger partial charge in [0.2, 0.25) is 29.4 Å². The number of fused-ring (bicyclic) bond motifs is 1. The zero-order valence-corrected chi connectivity index (χ0v) is 31.6. The predicted octanol–water partition coefficient (Wildman–Crippen LogP) is 0.548. The van der Waals surface area contributed by atoms with Gasteiger partial charge in [-0.05, 0) is 52.0 Å². The molecular formula is C28H41N11O9S3. The largest absolute Gasteiger partial charge is 0.444 e. The number of aryl methyl sites for hydroxylation is 1. The number of amides is 3. The van der Waals surface area contributed by atoms with Crippen molar-refractivity contribution in [1.29, 1.82) is 0 Å². The molecule has 2 saturated heterocycles. The highest BCUT2D eigenvalue weighted by atomic mass is 32.2. The van der Waals surface area contributed by atoms with Crippen LogP contribution < -0.4 is 16.4 Å². The van der Waals surface area contributed by atoms with E-state index >= 15 is 0 Å². The Bertz CT molecular complexity index is 1640. The SMILES string of the molecule is Cn1nnnc1SCC1(C(=O)OCOC(=O)C(C)(C)C)CS[C@@H]2C(NC(=O)C(=NOCCCNC(=O)OC(C)(C)C)c3nsc(N)n3)C(=O)N2C1. The number of tetrazole rings is 1. The summed E-state index contributed by atoms with van der Waals surface area (Å²) in [5.41, 5.74) is 2.77. The average molecular weight is 772 g/mol. The van der Waals surface area contributed by atoms with Gasteiger partial charge in [0.1, 0.15) is 29.0 Å². The van der Waals surface area contributed by atoms with Gasteiger partial charge < -0.3 is 40.3 Å². The first-order valence-electron chi connectivity index (χ1n) is 15.6. The van der Waals surface area contributed by atoms with E-state index in [-0.39, 0.29) is 47.9 Å². The summed E-state index contributed by atoms with van der Waals surface area (Å²) in [5.74, 6) is -2.18. The first-order valence-corrected chi connectivity index (χ1v) is 18.4. The quantitative estimate of drug-likeness (QED) is 0.0451. The summed E-state index contributed by atoms with van der Waals surface area (Å²) in [6.07, 6.45) is -0.238. The highest BCUT2D eigenvalue weighted by molar-refractivity contribution is 8.00. The van der Waals surface area contributed by atoms with Crippen molar-refractivity contribution >= 4 is 75.7 Å². The van der Waals surface area contributed by atoms with Gasteiger partial charge in [-0.25, -0.2) is 9.48 Å². The van der Waals surface area contributed by atoms with Crippen LogP contribution in [0.1, 0.15) is 53.8 Å². The van der Waals surface area contributed by atoms with Crippen LogP contribution in [0, 0.1) is 10.8 Å². The molecule has 2 unspecified atom stereocenters. The summed E-state index contributed by atoms with van der Waals surface area (Å²) in [7, 11) is 1.65. The molecule has 3 atom stereocenters. The lowest BCUT2D eigenvalue weighted by Crippen LogP contribution is -2.74. The van der Waals surface area contributed by atoms with E-state index in [4.69, 9.17) is 24.8 Å². The molecule has 20 nitrogen and oxygen atoms in total. The number of hydrogen-bond donors (Lipinski definition) is 3.